The summed E-state index contributed by atoms with van der Waals surface area (Å²) in [5.41, 5.74) is 2.15. The first-order chi connectivity index (χ1) is 12.5. The minimum atomic E-state index is -0.287. The van der Waals surface area contributed by atoms with Gasteiger partial charge in [-0.3, -0.25) is 9.59 Å². The normalized spacial score (nSPS) is 17.9. The van der Waals surface area contributed by atoms with Crippen LogP contribution in [0.1, 0.15) is 42.2 Å². The van der Waals surface area contributed by atoms with Gasteiger partial charge >= 0.3 is 0 Å². The van der Waals surface area contributed by atoms with Crippen LogP contribution in [0.4, 0.5) is 0 Å². The fraction of sp³-hybridized carbons (Fsp3) is 0.474. The molecule has 1 fully saturated rings. The van der Waals surface area contributed by atoms with E-state index in [0.29, 0.717) is 44.2 Å². The van der Waals surface area contributed by atoms with Gasteiger partial charge in [-0.25, -0.2) is 0 Å². The van der Waals surface area contributed by atoms with Crippen LogP contribution >= 0.6 is 0 Å². The molecule has 138 valence electrons. The molecule has 1 aliphatic heterocycles. The molecule has 1 aromatic heterocycles. The van der Waals surface area contributed by atoms with Crippen LogP contribution in [0.5, 0.6) is 0 Å². The van der Waals surface area contributed by atoms with Gasteiger partial charge in [0.15, 0.2) is 5.82 Å². The molecule has 2 amide bonds. The predicted molar refractivity (Wildman–Crippen MR) is 95.2 cm³/mol. The van der Waals surface area contributed by atoms with Crippen molar-refractivity contribution in [2.24, 2.45) is 0 Å². The molecule has 0 bridgehead atoms. The van der Waals surface area contributed by atoms with Crippen LogP contribution in [-0.4, -0.2) is 51.4 Å². The standard InChI is InChI=1S/C19H24N4O3/c1-13-6-4-5-7-16(13)12-18(25)22-9-8-17(19-20-14(2)21-26-19)23(11-10-22)15(3)24/h4-7,17H,8-12H2,1-3H3. The van der Waals surface area contributed by atoms with Gasteiger partial charge < -0.3 is 14.3 Å². The highest BCUT2D eigenvalue weighted by molar-refractivity contribution is 5.79. The van der Waals surface area contributed by atoms with Crippen LogP contribution in [-0.2, 0) is 16.0 Å². The van der Waals surface area contributed by atoms with Crippen LogP contribution in [0.25, 0.3) is 0 Å². The number of hydrogen-bond acceptors (Lipinski definition) is 5. The van der Waals surface area contributed by atoms with Crippen molar-refractivity contribution in [2.45, 2.75) is 39.7 Å². The van der Waals surface area contributed by atoms with Gasteiger partial charge in [0.2, 0.25) is 17.7 Å². The molecule has 1 aromatic carbocycles. The van der Waals surface area contributed by atoms with Crippen LogP contribution in [0, 0.1) is 13.8 Å². The zero-order valence-electron chi connectivity index (χ0n) is 15.4. The summed E-state index contributed by atoms with van der Waals surface area (Å²) in [6.45, 7) is 6.81. The number of amides is 2. The van der Waals surface area contributed by atoms with E-state index in [4.69, 9.17) is 4.52 Å². The van der Waals surface area contributed by atoms with Crippen molar-refractivity contribution >= 4 is 11.8 Å². The molecule has 26 heavy (non-hydrogen) atoms. The minimum Gasteiger partial charge on any atom is -0.341 e. The molecule has 2 aromatic rings. The number of rotatable bonds is 3. The molecule has 7 nitrogen and oxygen atoms in total. The van der Waals surface area contributed by atoms with Crippen molar-refractivity contribution in [2.75, 3.05) is 19.6 Å². The molecule has 2 heterocycles. The summed E-state index contributed by atoms with van der Waals surface area (Å²) in [5, 5.41) is 3.83. The zero-order valence-corrected chi connectivity index (χ0v) is 15.4. The van der Waals surface area contributed by atoms with E-state index in [1.165, 1.54) is 6.92 Å². The van der Waals surface area contributed by atoms with Crippen molar-refractivity contribution in [3.8, 4) is 0 Å². The van der Waals surface area contributed by atoms with Gasteiger partial charge in [0.05, 0.1) is 6.42 Å². The highest BCUT2D eigenvalue weighted by Crippen LogP contribution is 2.26. The Kier molecular flexibility index (Phi) is 5.35. The molecule has 7 heteroatoms. The number of carbonyl (C=O) groups is 2. The molecular formula is C19H24N4O3. The molecule has 0 saturated carbocycles. The average Bonchev–Trinajstić information content (AvgIpc) is 2.90. The van der Waals surface area contributed by atoms with Gasteiger partial charge in [-0.1, -0.05) is 29.4 Å². The first kappa shape index (κ1) is 18.1. The van der Waals surface area contributed by atoms with E-state index in [2.05, 4.69) is 10.1 Å². The maximum absolute atomic E-state index is 12.8. The summed E-state index contributed by atoms with van der Waals surface area (Å²) < 4.78 is 5.29. The van der Waals surface area contributed by atoms with Crippen molar-refractivity contribution < 1.29 is 14.1 Å². The summed E-state index contributed by atoms with van der Waals surface area (Å²) in [7, 11) is 0. The fourth-order valence-electron chi connectivity index (χ4n) is 3.34. The van der Waals surface area contributed by atoms with E-state index < -0.39 is 0 Å². The van der Waals surface area contributed by atoms with Crippen LogP contribution in [0.2, 0.25) is 0 Å². The Bertz CT molecular complexity index is 802. The second kappa shape index (κ2) is 7.68. The minimum absolute atomic E-state index is 0.0564. The lowest BCUT2D eigenvalue weighted by Crippen LogP contribution is -2.38. The van der Waals surface area contributed by atoms with E-state index in [1.54, 1.807) is 11.8 Å². The van der Waals surface area contributed by atoms with Gasteiger partial charge in [0.1, 0.15) is 6.04 Å². The first-order valence-corrected chi connectivity index (χ1v) is 8.85. The number of carbonyl (C=O) groups excluding carboxylic acids is 2. The molecule has 0 spiro atoms. The lowest BCUT2D eigenvalue weighted by atomic mass is 10.1. The summed E-state index contributed by atoms with van der Waals surface area (Å²) >= 11 is 0. The third-order valence-corrected chi connectivity index (χ3v) is 4.85. The molecule has 1 unspecified atom stereocenters. The summed E-state index contributed by atoms with van der Waals surface area (Å²) in [6, 6.07) is 7.62. The third kappa shape index (κ3) is 3.92. The molecule has 0 N–H and O–H groups in total. The largest absolute Gasteiger partial charge is 0.341 e. The highest BCUT2D eigenvalue weighted by atomic mass is 16.5. The highest BCUT2D eigenvalue weighted by Gasteiger charge is 2.32. The van der Waals surface area contributed by atoms with E-state index >= 15 is 0 Å². The van der Waals surface area contributed by atoms with E-state index in [0.717, 1.165) is 11.1 Å². The fourth-order valence-corrected chi connectivity index (χ4v) is 3.34. The molecule has 1 saturated heterocycles. The van der Waals surface area contributed by atoms with Gasteiger partial charge in [-0.05, 0) is 31.4 Å². The van der Waals surface area contributed by atoms with Crippen molar-refractivity contribution in [3.63, 3.8) is 0 Å². The molecule has 0 aliphatic carbocycles. The molecule has 3 rings (SSSR count). The topological polar surface area (TPSA) is 79.5 Å². The lowest BCUT2D eigenvalue weighted by molar-refractivity contribution is -0.133. The second-order valence-electron chi connectivity index (χ2n) is 6.68. The second-order valence-corrected chi connectivity index (χ2v) is 6.68. The van der Waals surface area contributed by atoms with E-state index in [-0.39, 0.29) is 17.9 Å². The van der Waals surface area contributed by atoms with Crippen molar-refractivity contribution in [3.05, 3.63) is 47.1 Å². The van der Waals surface area contributed by atoms with E-state index in [9.17, 15) is 9.59 Å². The SMILES string of the molecule is CC(=O)N1CCN(C(=O)Cc2ccccc2C)CCC1c1nc(C)no1. The lowest BCUT2D eigenvalue weighted by Gasteiger charge is -2.25. The number of nitrogens with zero attached hydrogens (tertiary/aromatic N) is 4. The Morgan fingerprint density at radius 1 is 1.19 bits per heavy atom. The van der Waals surface area contributed by atoms with Crippen molar-refractivity contribution in [1.29, 1.82) is 0 Å². The Labute approximate surface area is 153 Å². The Balaban J connectivity index is 1.73. The Morgan fingerprint density at radius 3 is 2.62 bits per heavy atom. The number of hydrogen-bond donors (Lipinski definition) is 0. The average molecular weight is 356 g/mol. The summed E-state index contributed by atoms with van der Waals surface area (Å²) in [4.78, 5) is 32.7. The molecular weight excluding hydrogens is 332 g/mol. The van der Waals surface area contributed by atoms with Crippen LogP contribution in [0.3, 0.4) is 0 Å². The molecule has 1 atom stereocenters. The quantitative estimate of drug-likeness (QED) is 0.841. The van der Waals surface area contributed by atoms with Crippen LogP contribution in [0.15, 0.2) is 28.8 Å². The zero-order chi connectivity index (χ0) is 18.7. The van der Waals surface area contributed by atoms with Gasteiger partial charge in [0, 0.05) is 26.6 Å². The maximum atomic E-state index is 12.8. The maximum Gasteiger partial charge on any atom is 0.249 e. The summed E-state index contributed by atoms with van der Waals surface area (Å²) in [6.07, 6.45) is 0.956. The third-order valence-electron chi connectivity index (χ3n) is 4.85. The molecule has 1 aliphatic rings. The van der Waals surface area contributed by atoms with E-state index in [1.807, 2.05) is 36.1 Å². The van der Waals surface area contributed by atoms with Gasteiger partial charge in [0.25, 0.3) is 0 Å². The van der Waals surface area contributed by atoms with Gasteiger partial charge in [-0.15, -0.1) is 0 Å². The van der Waals surface area contributed by atoms with Crippen LogP contribution < -0.4 is 0 Å². The van der Waals surface area contributed by atoms with Crippen molar-refractivity contribution in [1.82, 2.24) is 19.9 Å². The number of benzene rings is 1. The smallest absolute Gasteiger partial charge is 0.249 e. The first-order valence-electron chi connectivity index (χ1n) is 8.85. The number of aromatic nitrogens is 2. The van der Waals surface area contributed by atoms with Gasteiger partial charge in [-0.2, -0.15) is 4.98 Å². The Hall–Kier alpha value is -2.70. The summed E-state index contributed by atoms with van der Waals surface area (Å²) in [5.74, 6) is 0.996. The number of aryl methyl sites for hydroxylation is 2. The predicted octanol–water partition coefficient (Wildman–Crippen LogP) is 2.05. The molecule has 0 radical (unpaired) electrons. The monoisotopic (exact) mass is 356 g/mol. The Morgan fingerprint density at radius 2 is 1.96 bits per heavy atom.